The molecule has 0 fully saturated rings. The average molecular weight is 177 g/mol. The monoisotopic (exact) mass is 177 g/mol. The van der Waals surface area contributed by atoms with Crippen LogP contribution in [0.5, 0.6) is 0 Å². The predicted molar refractivity (Wildman–Crippen MR) is 51.5 cm³/mol. The third-order valence-corrected chi connectivity index (χ3v) is 1.75. The molecular weight excluding hydrogens is 164 g/mol. The average Bonchev–Trinajstić information content (AvgIpc) is 2.18. The summed E-state index contributed by atoms with van der Waals surface area (Å²) in [6, 6.07) is 7.30. The molecule has 1 aromatic rings. The van der Waals surface area contributed by atoms with Crippen LogP contribution in [0.2, 0.25) is 0 Å². The standard InChI is InChI=1S/C11H13O2/c1-3-9-5-7-10(8-6-9)11(12)13-4-2/h5-8H,1,3-4H2,2H3. The minimum absolute atomic E-state index is 0.266. The second-order valence-corrected chi connectivity index (χ2v) is 2.67. The maximum absolute atomic E-state index is 11.2. The molecule has 1 aromatic carbocycles. The van der Waals surface area contributed by atoms with Crippen molar-refractivity contribution in [3.05, 3.63) is 42.3 Å². The Kier molecular flexibility index (Phi) is 3.50. The van der Waals surface area contributed by atoms with Gasteiger partial charge in [-0.1, -0.05) is 12.1 Å². The molecule has 0 atom stereocenters. The summed E-state index contributed by atoms with van der Waals surface area (Å²) in [5.41, 5.74) is 1.71. The molecule has 0 unspecified atom stereocenters. The van der Waals surface area contributed by atoms with E-state index in [9.17, 15) is 4.79 Å². The van der Waals surface area contributed by atoms with Crippen molar-refractivity contribution in [3.8, 4) is 0 Å². The lowest BCUT2D eigenvalue weighted by atomic mass is 10.1. The zero-order valence-corrected chi connectivity index (χ0v) is 7.75. The van der Waals surface area contributed by atoms with E-state index < -0.39 is 0 Å². The van der Waals surface area contributed by atoms with Gasteiger partial charge in [-0.15, -0.1) is 0 Å². The second-order valence-electron chi connectivity index (χ2n) is 2.67. The number of benzene rings is 1. The summed E-state index contributed by atoms with van der Waals surface area (Å²) < 4.78 is 4.85. The van der Waals surface area contributed by atoms with Crippen molar-refractivity contribution in [2.45, 2.75) is 13.3 Å². The number of carbonyl (C=O) groups excluding carboxylic acids is 1. The molecule has 0 N–H and O–H groups in total. The molecular formula is C11H13O2. The van der Waals surface area contributed by atoms with Gasteiger partial charge in [-0.25, -0.2) is 4.79 Å². The van der Waals surface area contributed by atoms with Crippen molar-refractivity contribution >= 4 is 5.97 Å². The van der Waals surface area contributed by atoms with E-state index in [1.807, 2.05) is 12.1 Å². The Morgan fingerprint density at radius 3 is 2.46 bits per heavy atom. The summed E-state index contributed by atoms with van der Waals surface area (Å²) in [4.78, 5) is 11.2. The first-order chi connectivity index (χ1) is 6.27. The van der Waals surface area contributed by atoms with Gasteiger partial charge in [0.05, 0.1) is 12.2 Å². The van der Waals surface area contributed by atoms with Crippen LogP contribution in [0.25, 0.3) is 0 Å². The Balaban J connectivity index is 2.74. The van der Waals surface area contributed by atoms with Gasteiger partial charge < -0.3 is 4.74 Å². The smallest absolute Gasteiger partial charge is 0.338 e. The minimum Gasteiger partial charge on any atom is -0.462 e. The fourth-order valence-electron chi connectivity index (χ4n) is 1.02. The predicted octanol–water partition coefficient (Wildman–Crippen LogP) is 2.24. The third-order valence-electron chi connectivity index (χ3n) is 1.75. The summed E-state index contributed by atoms with van der Waals surface area (Å²) in [6.45, 7) is 5.96. The Hall–Kier alpha value is -1.31. The Labute approximate surface area is 78.5 Å². The molecule has 0 bridgehead atoms. The zero-order valence-electron chi connectivity index (χ0n) is 7.75. The molecule has 0 aromatic heterocycles. The third kappa shape index (κ3) is 2.58. The van der Waals surface area contributed by atoms with E-state index in [0.29, 0.717) is 12.2 Å². The molecule has 1 rings (SSSR count). The first-order valence-corrected chi connectivity index (χ1v) is 4.33. The van der Waals surface area contributed by atoms with Gasteiger partial charge in [0.1, 0.15) is 0 Å². The molecule has 0 amide bonds. The van der Waals surface area contributed by atoms with Gasteiger partial charge in [0.15, 0.2) is 0 Å². The van der Waals surface area contributed by atoms with Crippen LogP contribution in [0.3, 0.4) is 0 Å². The number of carbonyl (C=O) groups is 1. The van der Waals surface area contributed by atoms with Gasteiger partial charge in [0, 0.05) is 0 Å². The normalized spacial score (nSPS) is 9.69. The number of rotatable bonds is 3. The minimum atomic E-state index is -0.266. The summed E-state index contributed by atoms with van der Waals surface area (Å²) in [6.07, 6.45) is 0.739. The van der Waals surface area contributed by atoms with Crippen molar-refractivity contribution in [2.24, 2.45) is 0 Å². The first kappa shape index (κ1) is 9.78. The molecule has 0 saturated heterocycles. The number of hydrogen-bond acceptors (Lipinski definition) is 2. The molecule has 13 heavy (non-hydrogen) atoms. The Morgan fingerprint density at radius 1 is 1.38 bits per heavy atom. The van der Waals surface area contributed by atoms with E-state index in [1.54, 1.807) is 19.1 Å². The lowest BCUT2D eigenvalue weighted by Gasteiger charge is -2.01. The fraction of sp³-hybridized carbons (Fsp3) is 0.273. The van der Waals surface area contributed by atoms with E-state index >= 15 is 0 Å². The molecule has 1 radical (unpaired) electrons. The molecule has 0 aliphatic carbocycles. The largest absolute Gasteiger partial charge is 0.462 e. The molecule has 0 aliphatic heterocycles. The van der Waals surface area contributed by atoms with Crippen molar-refractivity contribution < 1.29 is 9.53 Å². The van der Waals surface area contributed by atoms with Gasteiger partial charge in [-0.05, 0) is 38.0 Å². The highest BCUT2D eigenvalue weighted by Crippen LogP contribution is 2.06. The van der Waals surface area contributed by atoms with Crippen LogP contribution in [0, 0.1) is 6.92 Å². The van der Waals surface area contributed by atoms with E-state index in [0.717, 1.165) is 12.0 Å². The molecule has 2 heteroatoms. The van der Waals surface area contributed by atoms with Gasteiger partial charge in [0.25, 0.3) is 0 Å². The Morgan fingerprint density at radius 2 is 2.00 bits per heavy atom. The molecule has 2 nitrogen and oxygen atoms in total. The SMILES string of the molecule is [CH2]Cc1ccc(C(=O)OCC)cc1. The van der Waals surface area contributed by atoms with Gasteiger partial charge >= 0.3 is 5.97 Å². The Bertz CT molecular complexity index is 275. The maximum Gasteiger partial charge on any atom is 0.338 e. The quantitative estimate of drug-likeness (QED) is 0.662. The van der Waals surface area contributed by atoms with E-state index in [-0.39, 0.29) is 5.97 Å². The van der Waals surface area contributed by atoms with Crippen molar-refractivity contribution in [1.29, 1.82) is 0 Å². The van der Waals surface area contributed by atoms with E-state index in [4.69, 9.17) is 4.74 Å². The molecule has 0 heterocycles. The number of ether oxygens (including phenoxy) is 1. The lowest BCUT2D eigenvalue weighted by molar-refractivity contribution is 0.0526. The summed E-state index contributed by atoms with van der Waals surface area (Å²) in [5.74, 6) is -0.266. The van der Waals surface area contributed by atoms with E-state index in [1.165, 1.54) is 0 Å². The summed E-state index contributed by atoms with van der Waals surface area (Å²) in [7, 11) is 0. The van der Waals surface area contributed by atoms with Crippen molar-refractivity contribution in [3.63, 3.8) is 0 Å². The van der Waals surface area contributed by atoms with Crippen LogP contribution in [0.15, 0.2) is 24.3 Å². The van der Waals surface area contributed by atoms with E-state index in [2.05, 4.69) is 6.92 Å². The first-order valence-electron chi connectivity index (χ1n) is 4.33. The lowest BCUT2D eigenvalue weighted by Crippen LogP contribution is -2.04. The summed E-state index contributed by atoms with van der Waals surface area (Å²) in [5, 5.41) is 0. The van der Waals surface area contributed by atoms with Gasteiger partial charge in [0.2, 0.25) is 0 Å². The number of esters is 1. The number of hydrogen-bond donors (Lipinski definition) is 0. The molecule has 0 aliphatic rings. The highest BCUT2D eigenvalue weighted by Gasteiger charge is 2.04. The second kappa shape index (κ2) is 4.65. The zero-order chi connectivity index (χ0) is 9.68. The highest BCUT2D eigenvalue weighted by molar-refractivity contribution is 5.89. The van der Waals surface area contributed by atoms with Crippen LogP contribution in [0.4, 0.5) is 0 Å². The molecule has 0 spiro atoms. The van der Waals surface area contributed by atoms with Crippen LogP contribution in [-0.4, -0.2) is 12.6 Å². The summed E-state index contributed by atoms with van der Waals surface area (Å²) >= 11 is 0. The van der Waals surface area contributed by atoms with Crippen LogP contribution in [-0.2, 0) is 11.2 Å². The maximum atomic E-state index is 11.2. The van der Waals surface area contributed by atoms with Crippen LogP contribution in [0.1, 0.15) is 22.8 Å². The molecule has 0 saturated carbocycles. The van der Waals surface area contributed by atoms with Gasteiger partial charge in [-0.2, -0.15) is 0 Å². The van der Waals surface area contributed by atoms with Gasteiger partial charge in [-0.3, -0.25) is 0 Å². The van der Waals surface area contributed by atoms with Crippen molar-refractivity contribution in [2.75, 3.05) is 6.61 Å². The van der Waals surface area contributed by atoms with Crippen LogP contribution < -0.4 is 0 Å². The highest BCUT2D eigenvalue weighted by atomic mass is 16.5. The van der Waals surface area contributed by atoms with Crippen LogP contribution >= 0.6 is 0 Å². The fourth-order valence-corrected chi connectivity index (χ4v) is 1.02. The molecule has 69 valence electrons. The topological polar surface area (TPSA) is 26.3 Å². The van der Waals surface area contributed by atoms with Crippen molar-refractivity contribution in [1.82, 2.24) is 0 Å².